The fourth-order valence-electron chi connectivity index (χ4n) is 4.97. The number of hydrogen-bond donors (Lipinski definition) is 1. The number of benzene rings is 1. The minimum Gasteiger partial charge on any atom is -0.481 e. The second-order valence-corrected chi connectivity index (χ2v) is 7.94. The lowest BCUT2D eigenvalue weighted by Gasteiger charge is -2.26. The van der Waals surface area contributed by atoms with Gasteiger partial charge in [0.05, 0.1) is 0 Å². The zero-order valence-electron chi connectivity index (χ0n) is 14.7. The van der Waals surface area contributed by atoms with Crippen molar-refractivity contribution >= 4 is 5.91 Å². The molecular formula is C21H29NO2. The van der Waals surface area contributed by atoms with Crippen LogP contribution in [-0.4, -0.2) is 18.1 Å². The van der Waals surface area contributed by atoms with E-state index in [2.05, 4.69) is 17.4 Å². The number of amides is 1. The third-order valence-electron chi connectivity index (χ3n) is 6.33. The molecule has 0 aromatic heterocycles. The molecule has 0 unspecified atom stereocenters. The maximum atomic E-state index is 12.7. The first-order valence-electron chi connectivity index (χ1n) is 9.81. The molecule has 2 fully saturated rings. The number of carbonyl (C=O) groups excluding carboxylic acids is 1. The number of ether oxygens (including phenoxy) is 1. The Hall–Kier alpha value is -1.51. The summed E-state index contributed by atoms with van der Waals surface area (Å²) in [6.45, 7) is 2.03. The second-order valence-electron chi connectivity index (χ2n) is 7.94. The van der Waals surface area contributed by atoms with Crippen LogP contribution in [0.3, 0.4) is 0 Å². The molecule has 1 aromatic carbocycles. The van der Waals surface area contributed by atoms with E-state index in [4.69, 9.17) is 4.74 Å². The van der Waals surface area contributed by atoms with Crippen molar-refractivity contribution in [1.82, 2.24) is 5.32 Å². The minimum absolute atomic E-state index is 0.0766. The maximum absolute atomic E-state index is 12.7. The highest BCUT2D eigenvalue weighted by atomic mass is 16.5. The van der Waals surface area contributed by atoms with Crippen LogP contribution >= 0.6 is 0 Å². The van der Waals surface area contributed by atoms with Crippen molar-refractivity contribution in [2.24, 2.45) is 11.8 Å². The Balaban J connectivity index is 1.39. The van der Waals surface area contributed by atoms with Crippen LogP contribution in [0, 0.1) is 11.8 Å². The first-order chi connectivity index (χ1) is 11.7. The van der Waals surface area contributed by atoms with E-state index in [1.807, 2.05) is 13.0 Å². The Morgan fingerprint density at radius 3 is 2.75 bits per heavy atom. The summed E-state index contributed by atoms with van der Waals surface area (Å²) in [7, 11) is 0. The predicted octanol–water partition coefficient (Wildman–Crippen LogP) is 4.03. The van der Waals surface area contributed by atoms with Gasteiger partial charge in [0.2, 0.25) is 0 Å². The summed E-state index contributed by atoms with van der Waals surface area (Å²) in [5, 5.41) is 3.28. The lowest BCUT2D eigenvalue weighted by atomic mass is 9.92. The van der Waals surface area contributed by atoms with Gasteiger partial charge in [0.1, 0.15) is 5.75 Å². The van der Waals surface area contributed by atoms with Crippen molar-refractivity contribution in [2.75, 3.05) is 0 Å². The standard InChI is InChI=1S/C21H29NO2/c1-2-20(21(23)22-19-12-14-7-8-17(19)11-14)24-18-10-9-15-5-3-4-6-16(15)13-18/h9-10,13-14,17,19-20H,2-8,11-12H2,1H3,(H,22,23)/t14-,17-,19-,20+/m0/s1. The molecule has 24 heavy (non-hydrogen) atoms. The molecular weight excluding hydrogens is 298 g/mol. The third kappa shape index (κ3) is 3.18. The summed E-state index contributed by atoms with van der Waals surface area (Å²) in [5.74, 6) is 2.49. The van der Waals surface area contributed by atoms with Gasteiger partial charge in [-0.3, -0.25) is 4.79 Å². The largest absolute Gasteiger partial charge is 0.481 e. The Morgan fingerprint density at radius 2 is 2.04 bits per heavy atom. The molecule has 4 rings (SSSR count). The number of fused-ring (bicyclic) bond motifs is 3. The molecule has 3 heteroatoms. The Kier molecular flexibility index (Phi) is 4.51. The van der Waals surface area contributed by atoms with Crippen LogP contribution in [0.5, 0.6) is 5.75 Å². The van der Waals surface area contributed by atoms with Gasteiger partial charge < -0.3 is 10.1 Å². The monoisotopic (exact) mass is 327 g/mol. The Morgan fingerprint density at radius 1 is 1.21 bits per heavy atom. The molecule has 3 aliphatic carbocycles. The highest BCUT2D eigenvalue weighted by Crippen LogP contribution is 2.44. The van der Waals surface area contributed by atoms with Crippen LogP contribution in [0.15, 0.2) is 18.2 Å². The molecule has 1 amide bonds. The van der Waals surface area contributed by atoms with E-state index in [0.29, 0.717) is 18.4 Å². The molecule has 130 valence electrons. The number of rotatable bonds is 5. The van der Waals surface area contributed by atoms with Crippen molar-refractivity contribution in [3.63, 3.8) is 0 Å². The number of aryl methyl sites for hydroxylation is 2. The van der Waals surface area contributed by atoms with Crippen LogP contribution in [0.2, 0.25) is 0 Å². The van der Waals surface area contributed by atoms with Crippen molar-refractivity contribution in [3.05, 3.63) is 29.3 Å². The smallest absolute Gasteiger partial charge is 0.261 e. The van der Waals surface area contributed by atoms with Crippen LogP contribution in [0.4, 0.5) is 0 Å². The molecule has 4 atom stereocenters. The highest BCUT2D eigenvalue weighted by molar-refractivity contribution is 5.81. The van der Waals surface area contributed by atoms with Crippen molar-refractivity contribution < 1.29 is 9.53 Å². The summed E-state index contributed by atoms with van der Waals surface area (Å²) in [6.07, 6.45) is 10.3. The summed E-state index contributed by atoms with van der Waals surface area (Å²) >= 11 is 0. The fraction of sp³-hybridized carbons (Fsp3) is 0.667. The van der Waals surface area contributed by atoms with Gasteiger partial charge in [0.25, 0.3) is 5.91 Å². The van der Waals surface area contributed by atoms with E-state index in [9.17, 15) is 4.79 Å². The zero-order chi connectivity index (χ0) is 16.5. The summed E-state index contributed by atoms with van der Waals surface area (Å²) in [5.41, 5.74) is 2.86. The van der Waals surface area contributed by atoms with Crippen molar-refractivity contribution in [3.8, 4) is 5.75 Å². The number of hydrogen-bond acceptors (Lipinski definition) is 2. The first kappa shape index (κ1) is 16.0. The molecule has 1 N–H and O–H groups in total. The van der Waals surface area contributed by atoms with Gasteiger partial charge in [0.15, 0.2) is 6.10 Å². The van der Waals surface area contributed by atoms with Crippen LogP contribution in [-0.2, 0) is 17.6 Å². The maximum Gasteiger partial charge on any atom is 0.261 e. The van der Waals surface area contributed by atoms with E-state index in [1.54, 1.807) is 0 Å². The van der Waals surface area contributed by atoms with E-state index in [0.717, 1.165) is 18.1 Å². The molecule has 3 nitrogen and oxygen atoms in total. The average Bonchev–Trinajstić information content (AvgIpc) is 3.22. The van der Waals surface area contributed by atoms with Gasteiger partial charge >= 0.3 is 0 Å². The van der Waals surface area contributed by atoms with Crippen LogP contribution in [0.1, 0.15) is 63.0 Å². The van der Waals surface area contributed by atoms with Gasteiger partial charge in [0, 0.05) is 6.04 Å². The lowest BCUT2D eigenvalue weighted by Crippen LogP contribution is -2.45. The molecule has 2 saturated carbocycles. The topological polar surface area (TPSA) is 38.3 Å². The summed E-state index contributed by atoms with van der Waals surface area (Å²) in [6, 6.07) is 6.77. The normalized spacial score (nSPS) is 29.1. The van der Waals surface area contributed by atoms with Gasteiger partial charge in [-0.2, -0.15) is 0 Å². The van der Waals surface area contributed by atoms with Crippen molar-refractivity contribution in [2.45, 2.75) is 76.9 Å². The average molecular weight is 327 g/mol. The van der Waals surface area contributed by atoms with Crippen LogP contribution < -0.4 is 10.1 Å². The summed E-state index contributed by atoms with van der Waals surface area (Å²) < 4.78 is 6.07. The molecule has 2 bridgehead atoms. The van der Waals surface area contributed by atoms with Gasteiger partial charge in [-0.25, -0.2) is 0 Å². The fourth-order valence-corrected chi connectivity index (χ4v) is 4.97. The molecule has 0 heterocycles. The molecule has 0 saturated heterocycles. The van der Waals surface area contributed by atoms with E-state index >= 15 is 0 Å². The highest BCUT2D eigenvalue weighted by Gasteiger charge is 2.40. The molecule has 0 aliphatic heterocycles. The number of carbonyl (C=O) groups is 1. The van der Waals surface area contributed by atoms with E-state index in [1.165, 1.54) is 56.1 Å². The van der Waals surface area contributed by atoms with Crippen LogP contribution in [0.25, 0.3) is 0 Å². The Bertz CT molecular complexity index is 612. The van der Waals surface area contributed by atoms with Gasteiger partial charge in [-0.15, -0.1) is 0 Å². The summed E-state index contributed by atoms with van der Waals surface area (Å²) in [4.78, 5) is 12.7. The lowest BCUT2D eigenvalue weighted by molar-refractivity contribution is -0.129. The van der Waals surface area contributed by atoms with Crippen molar-refractivity contribution in [1.29, 1.82) is 0 Å². The zero-order valence-corrected chi connectivity index (χ0v) is 14.7. The Labute approximate surface area is 145 Å². The predicted molar refractivity (Wildman–Crippen MR) is 95.2 cm³/mol. The number of nitrogens with one attached hydrogen (secondary N) is 1. The third-order valence-corrected chi connectivity index (χ3v) is 6.33. The SMILES string of the molecule is CC[C@@H](Oc1ccc2c(c1)CCCC2)C(=O)N[C@H]1C[C@H]2CC[C@H]1C2. The second kappa shape index (κ2) is 6.78. The molecule has 0 radical (unpaired) electrons. The first-order valence-corrected chi connectivity index (χ1v) is 9.81. The molecule has 0 spiro atoms. The van der Waals surface area contributed by atoms with E-state index < -0.39 is 0 Å². The van der Waals surface area contributed by atoms with Gasteiger partial charge in [-0.1, -0.05) is 19.4 Å². The quantitative estimate of drug-likeness (QED) is 0.887. The van der Waals surface area contributed by atoms with E-state index in [-0.39, 0.29) is 12.0 Å². The van der Waals surface area contributed by atoms with Gasteiger partial charge in [-0.05, 0) is 86.5 Å². The minimum atomic E-state index is -0.370. The molecule has 1 aromatic rings. The molecule has 3 aliphatic rings.